The molecule has 53 heavy (non-hydrogen) atoms. The highest BCUT2D eigenvalue weighted by Crippen LogP contribution is 2.44. The smallest absolute Gasteiger partial charge is 0.409 e. The molecule has 2 N–H and O–H groups in total. The average molecular weight is 733 g/mol. The number of halogens is 2. The van der Waals surface area contributed by atoms with Crippen LogP contribution in [0.3, 0.4) is 0 Å². The number of aromatic hydroxyl groups is 1. The van der Waals surface area contributed by atoms with Crippen molar-refractivity contribution in [1.82, 2.24) is 24.8 Å². The van der Waals surface area contributed by atoms with Gasteiger partial charge in [-0.2, -0.15) is 9.97 Å². The van der Waals surface area contributed by atoms with Crippen LogP contribution in [0.15, 0.2) is 30.5 Å². The highest BCUT2D eigenvalue weighted by molar-refractivity contribution is 6.01. The number of aryl methyl sites for hydroxylation is 1. The number of ether oxygens (including phenoxy) is 2. The fourth-order valence-corrected chi connectivity index (χ4v) is 8.70. The molecule has 0 bridgehead atoms. The Morgan fingerprint density at radius 1 is 1.11 bits per heavy atom. The first-order valence-corrected chi connectivity index (χ1v) is 19.0. The highest BCUT2D eigenvalue weighted by atomic mass is 19.1. The summed E-state index contributed by atoms with van der Waals surface area (Å²) in [5.41, 5.74) is -0.713. The molecule has 0 spiro atoms. The summed E-state index contributed by atoms with van der Waals surface area (Å²) in [6.07, 6.45) is 8.37. The molecule has 7 rings (SSSR count). The minimum absolute atomic E-state index is 0.00322. The summed E-state index contributed by atoms with van der Waals surface area (Å²) >= 11 is 0. The number of pyridine rings is 1. The second-order valence-corrected chi connectivity index (χ2v) is 15.4. The first kappa shape index (κ1) is 37.0. The minimum atomic E-state index is -0.972. The van der Waals surface area contributed by atoms with Gasteiger partial charge in [0.1, 0.15) is 41.8 Å². The van der Waals surface area contributed by atoms with Gasteiger partial charge in [0.05, 0.1) is 16.5 Å². The van der Waals surface area contributed by atoms with Gasteiger partial charge in [-0.3, -0.25) is 9.88 Å². The van der Waals surface area contributed by atoms with Crippen LogP contribution >= 0.6 is 0 Å². The van der Waals surface area contributed by atoms with Gasteiger partial charge in [-0.1, -0.05) is 26.3 Å². The van der Waals surface area contributed by atoms with Crippen molar-refractivity contribution in [3.63, 3.8) is 0 Å². The number of hydrogen-bond donors (Lipinski definition) is 2. The van der Waals surface area contributed by atoms with E-state index >= 15 is 8.78 Å². The van der Waals surface area contributed by atoms with Crippen molar-refractivity contribution in [1.29, 1.82) is 0 Å². The van der Waals surface area contributed by atoms with Gasteiger partial charge < -0.3 is 29.5 Å². The molecule has 284 valence electrons. The van der Waals surface area contributed by atoms with Gasteiger partial charge in [-0.05, 0) is 99.4 Å². The van der Waals surface area contributed by atoms with Crippen molar-refractivity contribution >= 4 is 33.6 Å². The summed E-state index contributed by atoms with van der Waals surface area (Å²) in [7, 11) is 1.76. The topological polar surface area (TPSA) is 124 Å². The number of nitrogens with zero attached hydrogens (tertiary/aromatic N) is 6. The molecule has 0 saturated carbocycles. The number of β-amino-alcohol motifs (C(OH)–C–C–N with tert-alkyl or cyclic N) is 1. The Bertz CT molecular complexity index is 2010. The van der Waals surface area contributed by atoms with Crippen molar-refractivity contribution in [2.75, 3.05) is 51.3 Å². The number of aromatic nitrogens is 3. The van der Waals surface area contributed by atoms with E-state index in [-0.39, 0.29) is 59.4 Å². The van der Waals surface area contributed by atoms with Crippen molar-refractivity contribution in [3.8, 4) is 23.0 Å². The van der Waals surface area contributed by atoms with Gasteiger partial charge in [-0.25, -0.2) is 13.6 Å². The molecule has 3 saturated heterocycles. The predicted molar refractivity (Wildman–Crippen MR) is 199 cm³/mol. The Morgan fingerprint density at radius 3 is 2.70 bits per heavy atom. The molecule has 1 amide bonds. The van der Waals surface area contributed by atoms with Crippen molar-refractivity contribution in [2.45, 2.75) is 95.7 Å². The van der Waals surface area contributed by atoms with Crippen LogP contribution in [0.1, 0.15) is 77.7 Å². The molecule has 0 unspecified atom stereocenters. The van der Waals surface area contributed by atoms with Gasteiger partial charge in [-0.15, -0.1) is 0 Å². The molecule has 2 aromatic heterocycles. The maximum Gasteiger partial charge on any atom is 0.409 e. The number of rotatable bonds is 11. The number of carbonyl (C=O) groups is 1. The molecule has 3 atom stereocenters. The lowest BCUT2D eigenvalue weighted by atomic mass is 9.94. The molecule has 2 aromatic carbocycles. The summed E-state index contributed by atoms with van der Waals surface area (Å²) in [5, 5.41) is 23.1. The normalized spacial score (nSPS) is 23.2. The lowest BCUT2D eigenvalue weighted by Gasteiger charge is -2.38. The van der Waals surface area contributed by atoms with Crippen LogP contribution in [0.5, 0.6) is 11.8 Å². The largest absolute Gasteiger partial charge is 0.508 e. The van der Waals surface area contributed by atoms with E-state index < -0.39 is 17.2 Å². The van der Waals surface area contributed by atoms with Gasteiger partial charge in [0, 0.05) is 44.5 Å². The number of unbranched alkanes of at least 4 members (excludes halogenated alkanes) is 1. The Balaban J connectivity index is 1.23. The number of fused-ring (bicyclic) bond motifs is 3. The van der Waals surface area contributed by atoms with E-state index in [9.17, 15) is 15.0 Å². The molecule has 13 heteroatoms. The van der Waals surface area contributed by atoms with Crippen molar-refractivity contribution in [3.05, 3.63) is 47.7 Å². The molecule has 0 aliphatic carbocycles. The number of benzene rings is 2. The second-order valence-electron chi connectivity index (χ2n) is 15.4. The van der Waals surface area contributed by atoms with Crippen LogP contribution in [-0.4, -0.2) is 105 Å². The molecule has 5 heterocycles. The Labute approximate surface area is 308 Å². The fraction of sp³-hybridized carbons (Fsp3) is 0.550. The molecule has 3 aliphatic heterocycles. The SMILES string of the molecule is CCCCN(C)C(=O)OC[C@@H]1CC[C@@]2(COc3nc(N4CCC[C@@](C)(O)C4)c4cnc(-c5cc(O)cc6ccc(F)c(CC)c56)c(F)c4n3)CCCN12. The van der Waals surface area contributed by atoms with Crippen molar-refractivity contribution < 1.29 is 33.3 Å². The standard InChI is InChI=1S/C40H50F2N6O5/c1-5-7-16-46(4)38(50)52-22-26-12-15-40(14-9-18-48(26)40)24-53-37-44-35-30(36(45-37)47-17-8-13-39(3,51)23-47)21-43-34(33(35)42)29-20-27(49)19-25-10-11-31(41)28(6-2)32(25)29/h10-11,19-21,26,49,51H,5-9,12-18,22-24H2,1-4H3/t26-,39+,40+/m0/s1. The van der Waals surface area contributed by atoms with Crippen molar-refractivity contribution in [2.24, 2.45) is 0 Å². The van der Waals surface area contributed by atoms with Crippen LogP contribution < -0.4 is 9.64 Å². The number of anilines is 1. The lowest BCUT2D eigenvalue weighted by Crippen LogP contribution is -2.48. The highest BCUT2D eigenvalue weighted by Gasteiger charge is 2.50. The Hall–Kier alpha value is -4.36. The maximum absolute atomic E-state index is 17.0. The fourth-order valence-electron chi connectivity index (χ4n) is 8.70. The Morgan fingerprint density at radius 2 is 1.92 bits per heavy atom. The van der Waals surface area contributed by atoms with E-state index in [1.54, 1.807) is 24.9 Å². The number of phenols is 1. The molecular weight excluding hydrogens is 682 g/mol. The van der Waals surface area contributed by atoms with E-state index in [1.807, 2.05) is 11.8 Å². The minimum Gasteiger partial charge on any atom is -0.508 e. The molecule has 0 radical (unpaired) electrons. The first-order valence-electron chi connectivity index (χ1n) is 19.0. The van der Waals surface area contributed by atoms with Gasteiger partial charge >= 0.3 is 12.1 Å². The van der Waals surface area contributed by atoms with E-state index in [4.69, 9.17) is 14.5 Å². The van der Waals surface area contributed by atoms with Crippen LogP contribution in [0, 0.1) is 11.6 Å². The van der Waals surface area contributed by atoms with E-state index in [0.29, 0.717) is 66.5 Å². The maximum atomic E-state index is 17.0. The third-order valence-corrected chi connectivity index (χ3v) is 11.4. The molecular formula is C40H50F2N6O5. The average Bonchev–Trinajstić information content (AvgIpc) is 3.71. The molecule has 11 nitrogen and oxygen atoms in total. The number of piperidine rings is 1. The van der Waals surface area contributed by atoms with Gasteiger partial charge in [0.25, 0.3) is 0 Å². The zero-order valence-electron chi connectivity index (χ0n) is 31.1. The number of hydrogen-bond acceptors (Lipinski definition) is 10. The molecule has 3 fully saturated rings. The first-order chi connectivity index (χ1) is 25.4. The van der Waals surface area contributed by atoms with Crippen LogP contribution in [0.2, 0.25) is 0 Å². The lowest BCUT2D eigenvalue weighted by molar-refractivity contribution is 0.0438. The van der Waals surface area contributed by atoms with E-state index in [1.165, 1.54) is 24.4 Å². The van der Waals surface area contributed by atoms with E-state index in [2.05, 4.69) is 21.8 Å². The Kier molecular flexibility index (Phi) is 10.3. The van der Waals surface area contributed by atoms with Crippen LogP contribution in [-0.2, 0) is 11.2 Å². The van der Waals surface area contributed by atoms with Crippen LogP contribution in [0.25, 0.3) is 32.9 Å². The quantitative estimate of drug-likeness (QED) is 0.167. The van der Waals surface area contributed by atoms with Crippen LogP contribution in [0.4, 0.5) is 19.4 Å². The predicted octanol–water partition coefficient (Wildman–Crippen LogP) is 6.99. The van der Waals surface area contributed by atoms with Gasteiger partial charge in [0.2, 0.25) is 0 Å². The zero-order valence-corrected chi connectivity index (χ0v) is 31.1. The summed E-state index contributed by atoms with van der Waals surface area (Å²) in [6.45, 7) is 8.65. The number of phenolic OH excluding ortho intramolecular Hbond substituents is 1. The molecule has 4 aromatic rings. The summed E-state index contributed by atoms with van der Waals surface area (Å²) in [4.78, 5) is 32.6. The third-order valence-electron chi connectivity index (χ3n) is 11.4. The summed E-state index contributed by atoms with van der Waals surface area (Å²) < 4.78 is 44.2. The summed E-state index contributed by atoms with van der Waals surface area (Å²) in [6, 6.07) is 5.92. The molecule has 3 aliphatic rings. The monoisotopic (exact) mass is 732 g/mol. The summed E-state index contributed by atoms with van der Waals surface area (Å²) in [5.74, 6) is -0.852. The van der Waals surface area contributed by atoms with E-state index in [0.717, 1.165) is 45.1 Å². The number of aliphatic hydroxyl groups is 1. The third kappa shape index (κ3) is 7.17. The number of amides is 1. The second kappa shape index (κ2) is 14.8. The zero-order chi connectivity index (χ0) is 37.5. The number of carbonyl (C=O) groups excluding carboxylic acids is 1. The van der Waals surface area contributed by atoms with Gasteiger partial charge in [0.15, 0.2) is 5.82 Å².